The second-order valence-electron chi connectivity index (χ2n) is 5.59. The van der Waals surface area contributed by atoms with Crippen LogP contribution in [0.25, 0.3) is 0 Å². The van der Waals surface area contributed by atoms with E-state index in [1.54, 1.807) is 12.1 Å². The summed E-state index contributed by atoms with van der Waals surface area (Å²) < 4.78 is 5.64. The molecule has 0 aliphatic carbocycles. The second kappa shape index (κ2) is 7.66. The van der Waals surface area contributed by atoms with E-state index >= 15 is 0 Å². The van der Waals surface area contributed by atoms with Gasteiger partial charge in [0.2, 0.25) is 0 Å². The lowest BCUT2D eigenvalue weighted by molar-refractivity contribution is -0.146. The molecular weight excluding hydrogens is 290 g/mol. The molecular formula is C16H22ClNO3. The highest BCUT2D eigenvalue weighted by molar-refractivity contribution is 6.30. The van der Waals surface area contributed by atoms with Gasteiger partial charge in [0, 0.05) is 11.6 Å². The van der Waals surface area contributed by atoms with Gasteiger partial charge in [0.15, 0.2) is 0 Å². The second-order valence-corrected chi connectivity index (χ2v) is 6.03. The molecule has 0 bridgehead atoms. The third kappa shape index (κ3) is 4.61. The standard InChI is InChI=1S/C16H22ClNO3/c1-12-4-2-9-18(15(12)16(19)20)10-3-11-21-14-7-5-13(17)6-8-14/h5-8,12,15H,2-4,9-11H2,1H3,(H,19,20). The molecule has 1 saturated heterocycles. The number of rotatable bonds is 6. The zero-order valence-electron chi connectivity index (χ0n) is 12.3. The first kappa shape index (κ1) is 16.1. The van der Waals surface area contributed by atoms with Gasteiger partial charge in [-0.15, -0.1) is 0 Å². The Morgan fingerprint density at radius 2 is 2.14 bits per heavy atom. The van der Waals surface area contributed by atoms with Gasteiger partial charge in [0.25, 0.3) is 0 Å². The molecule has 1 aliphatic heterocycles. The van der Waals surface area contributed by atoms with Crippen LogP contribution in [-0.4, -0.2) is 41.7 Å². The summed E-state index contributed by atoms with van der Waals surface area (Å²) in [6.45, 7) is 4.23. The third-order valence-electron chi connectivity index (χ3n) is 3.96. The van der Waals surface area contributed by atoms with Crippen molar-refractivity contribution in [2.45, 2.75) is 32.2 Å². The van der Waals surface area contributed by atoms with Gasteiger partial charge in [-0.3, -0.25) is 9.69 Å². The largest absolute Gasteiger partial charge is 0.494 e. The fraction of sp³-hybridized carbons (Fsp3) is 0.562. The van der Waals surface area contributed by atoms with E-state index < -0.39 is 5.97 Å². The normalized spacial score (nSPS) is 23.0. The molecule has 1 aromatic rings. The summed E-state index contributed by atoms with van der Waals surface area (Å²) in [5, 5.41) is 10.0. The van der Waals surface area contributed by atoms with Gasteiger partial charge in [-0.05, 0) is 56.0 Å². The number of carboxylic acids is 1. The number of piperidine rings is 1. The minimum Gasteiger partial charge on any atom is -0.494 e. The predicted molar refractivity (Wildman–Crippen MR) is 83.0 cm³/mol. The van der Waals surface area contributed by atoms with Crippen molar-refractivity contribution in [3.63, 3.8) is 0 Å². The maximum absolute atomic E-state index is 11.4. The van der Waals surface area contributed by atoms with E-state index in [1.807, 2.05) is 19.1 Å². The van der Waals surface area contributed by atoms with Crippen LogP contribution in [0.15, 0.2) is 24.3 Å². The Bertz CT molecular complexity index is 463. The van der Waals surface area contributed by atoms with Crippen molar-refractivity contribution in [2.75, 3.05) is 19.7 Å². The van der Waals surface area contributed by atoms with Gasteiger partial charge in [-0.2, -0.15) is 0 Å². The molecule has 1 N–H and O–H groups in total. The summed E-state index contributed by atoms with van der Waals surface area (Å²) in [5.41, 5.74) is 0. The summed E-state index contributed by atoms with van der Waals surface area (Å²) in [7, 11) is 0. The van der Waals surface area contributed by atoms with Gasteiger partial charge in [0.1, 0.15) is 11.8 Å². The fourth-order valence-corrected chi connectivity index (χ4v) is 3.04. The van der Waals surface area contributed by atoms with Gasteiger partial charge >= 0.3 is 5.97 Å². The molecule has 2 unspecified atom stereocenters. The molecule has 1 fully saturated rings. The van der Waals surface area contributed by atoms with E-state index in [0.717, 1.165) is 38.1 Å². The maximum Gasteiger partial charge on any atom is 0.321 e. The highest BCUT2D eigenvalue weighted by Crippen LogP contribution is 2.23. The number of hydrogen-bond donors (Lipinski definition) is 1. The molecule has 1 aliphatic rings. The van der Waals surface area contributed by atoms with Crippen LogP contribution in [0.3, 0.4) is 0 Å². The van der Waals surface area contributed by atoms with Crippen LogP contribution in [0.2, 0.25) is 5.02 Å². The van der Waals surface area contributed by atoms with E-state index in [9.17, 15) is 9.90 Å². The molecule has 0 aromatic heterocycles. The number of nitrogens with zero attached hydrogens (tertiary/aromatic N) is 1. The Labute approximate surface area is 130 Å². The lowest BCUT2D eigenvalue weighted by Crippen LogP contribution is -2.49. The Balaban J connectivity index is 1.76. The maximum atomic E-state index is 11.4. The molecule has 0 radical (unpaired) electrons. The summed E-state index contributed by atoms with van der Waals surface area (Å²) in [4.78, 5) is 13.4. The van der Waals surface area contributed by atoms with Crippen LogP contribution < -0.4 is 4.74 Å². The molecule has 1 heterocycles. The molecule has 2 atom stereocenters. The lowest BCUT2D eigenvalue weighted by Gasteiger charge is -2.37. The number of hydrogen-bond acceptors (Lipinski definition) is 3. The first-order valence-electron chi connectivity index (χ1n) is 7.43. The van der Waals surface area contributed by atoms with Gasteiger partial charge in [0.05, 0.1) is 6.61 Å². The van der Waals surface area contributed by atoms with Crippen LogP contribution in [0.4, 0.5) is 0 Å². The van der Waals surface area contributed by atoms with Crippen molar-refractivity contribution in [2.24, 2.45) is 5.92 Å². The molecule has 1 aromatic carbocycles. The van der Waals surface area contributed by atoms with Crippen molar-refractivity contribution in [3.05, 3.63) is 29.3 Å². The zero-order chi connectivity index (χ0) is 15.2. The first-order chi connectivity index (χ1) is 10.1. The molecule has 0 spiro atoms. The third-order valence-corrected chi connectivity index (χ3v) is 4.21. The predicted octanol–water partition coefficient (Wildman–Crippen LogP) is 3.29. The number of benzene rings is 1. The Morgan fingerprint density at radius 1 is 1.43 bits per heavy atom. The summed E-state index contributed by atoms with van der Waals surface area (Å²) in [6.07, 6.45) is 2.89. The monoisotopic (exact) mass is 311 g/mol. The van der Waals surface area contributed by atoms with Crippen molar-refractivity contribution in [3.8, 4) is 5.75 Å². The number of likely N-dealkylation sites (tertiary alicyclic amines) is 1. The minimum absolute atomic E-state index is 0.216. The average molecular weight is 312 g/mol. The lowest BCUT2D eigenvalue weighted by atomic mass is 9.91. The smallest absolute Gasteiger partial charge is 0.321 e. The van der Waals surface area contributed by atoms with Crippen molar-refractivity contribution in [1.82, 2.24) is 4.90 Å². The van der Waals surface area contributed by atoms with Gasteiger partial charge in [-0.25, -0.2) is 0 Å². The summed E-state index contributed by atoms with van der Waals surface area (Å²) in [6, 6.07) is 6.92. The van der Waals surface area contributed by atoms with E-state index in [2.05, 4.69) is 4.90 Å². The Hall–Kier alpha value is -1.26. The zero-order valence-corrected chi connectivity index (χ0v) is 13.1. The Morgan fingerprint density at radius 3 is 2.81 bits per heavy atom. The molecule has 5 heteroatoms. The molecule has 21 heavy (non-hydrogen) atoms. The van der Waals surface area contributed by atoms with Gasteiger partial charge in [-0.1, -0.05) is 18.5 Å². The topological polar surface area (TPSA) is 49.8 Å². The Kier molecular flexibility index (Phi) is 5.88. The van der Waals surface area contributed by atoms with E-state index in [0.29, 0.717) is 11.6 Å². The molecule has 116 valence electrons. The highest BCUT2D eigenvalue weighted by atomic mass is 35.5. The van der Waals surface area contributed by atoms with Crippen LogP contribution >= 0.6 is 11.6 Å². The number of halogens is 1. The molecule has 0 saturated carbocycles. The number of ether oxygens (including phenoxy) is 1. The minimum atomic E-state index is -0.708. The van der Waals surface area contributed by atoms with Gasteiger partial charge < -0.3 is 9.84 Å². The van der Waals surface area contributed by atoms with Crippen LogP contribution in [0.5, 0.6) is 5.75 Å². The molecule has 0 amide bonds. The quantitative estimate of drug-likeness (QED) is 0.819. The number of aliphatic carboxylic acids is 1. The number of carboxylic acid groups (broad SMARTS) is 1. The van der Waals surface area contributed by atoms with E-state index in [-0.39, 0.29) is 12.0 Å². The first-order valence-corrected chi connectivity index (χ1v) is 7.81. The van der Waals surface area contributed by atoms with Crippen molar-refractivity contribution < 1.29 is 14.6 Å². The summed E-state index contributed by atoms with van der Waals surface area (Å²) in [5.74, 6) is 0.301. The van der Waals surface area contributed by atoms with Crippen LogP contribution in [-0.2, 0) is 4.79 Å². The summed E-state index contributed by atoms with van der Waals surface area (Å²) >= 11 is 5.82. The highest BCUT2D eigenvalue weighted by Gasteiger charge is 2.33. The van der Waals surface area contributed by atoms with E-state index in [1.165, 1.54) is 0 Å². The van der Waals surface area contributed by atoms with Crippen LogP contribution in [0.1, 0.15) is 26.2 Å². The molecule has 2 rings (SSSR count). The van der Waals surface area contributed by atoms with E-state index in [4.69, 9.17) is 16.3 Å². The SMILES string of the molecule is CC1CCCN(CCCOc2ccc(Cl)cc2)C1C(=O)O. The van der Waals surface area contributed by atoms with Crippen molar-refractivity contribution >= 4 is 17.6 Å². The van der Waals surface area contributed by atoms with Crippen molar-refractivity contribution in [1.29, 1.82) is 0 Å². The molecule has 4 nitrogen and oxygen atoms in total. The fourth-order valence-electron chi connectivity index (χ4n) is 2.91. The van der Waals surface area contributed by atoms with Crippen LogP contribution in [0, 0.1) is 5.92 Å². The number of carbonyl (C=O) groups is 1. The average Bonchev–Trinajstić information content (AvgIpc) is 2.45.